The van der Waals surface area contributed by atoms with Crippen LogP contribution in [0, 0.1) is 12.8 Å². The van der Waals surface area contributed by atoms with Crippen molar-refractivity contribution in [2.75, 3.05) is 54.5 Å². The predicted octanol–water partition coefficient (Wildman–Crippen LogP) is 2.92. The van der Waals surface area contributed by atoms with Crippen LogP contribution in [-0.2, 0) is 4.74 Å². The second-order valence-corrected chi connectivity index (χ2v) is 7.58. The van der Waals surface area contributed by atoms with E-state index in [-0.39, 0.29) is 0 Å². The molecule has 0 spiro atoms. The Morgan fingerprint density at radius 2 is 1.85 bits per heavy atom. The third kappa shape index (κ3) is 6.29. The molecule has 0 radical (unpaired) electrons. The molecule has 1 N–H and O–H groups in total. The van der Waals surface area contributed by atoms with Crippen molar-refractivity contribution in [3.63, 3.8) is 0 Å². The molecule has 1 unspecified atom stereocenters. The molecular weight excluding hydrogens is 324 g/mol. The van der Waals surface area contributed by atoms with Crippen molar-refractivity contribution in [3.8, 4) is 0 Å². The van der Waals surface area contributed by atoms with Crippen LogP contribution in [0.3, 0.4) is 0 Å². The fraction of sp³-hybridized carbons (Fsp3) is 0.667. The van der Waals surface area contributed by atoms with Gasteiger partial charge >= 0.3 is 0 Å². The third-order valence-corrected chi connectivity index (χ3v) is 5.33. The maximum absolute atomic E-state index is 5.46. The summed E-state index contributed by atoms with van der Waals surface area (Å²) >= 11 is 0. The topological polar surface area (TPSA) is 40.1 Å². The summed E-state index contributed by atoms with van der Waals surface area (Å²) in [5, 5.41) is 3.56. The summed E-state index contributed by atoms with van der Waals surface area (Å²) < 4.78 is 5.46. The lowest BCUT2D eigenvalue weighted by molar-refractivity contribution is 0.0625. The Labute approximate surface area is 159 Å². The van der Waals surface area contributed by atoms with E-state index >= 15 is 0 Å². The van der Waals surface area contributed by atoms with Gasteiger partial charge in [0.05, 0.1) is 6.04 Å². The molecule has 1 aromatic rings. The van der Waals surface area contributed by atoms with Gasteiger partial charge in [-0.3, -0.25) is 4.99 Å². The van der Waals surface area contributed by atoms with E-state index in [9.17, 15) is 0 Å². The summed E-state index contributed by atoms with van der Waals surface area (Å²) in [5.74, 6) is 1.75. The van der Waals surface area contributed by atoms with Crippen molar-refractivity contribution in [1.82, 2.24) is 15.1 Å². The minimum Gasteiger partial charge on any atom is -0.381 e. The highest BCUT2D eigenvalue weighted by Crippen LogP contribution is 2.19. The Morgan fingerprint density at radius 1 is 1.19 bits per heavy atom. The first kappa shape index (κ1) is 20.7. The van der Waals surface area contributed by atoms with Crippen molar-refractivity contribution >= 4 is 5.96 Å². The van der Waals surface area contributed by atoms with E-state index in [4.69, 9.17) is 4.74 Å². The Bertz CT molecular complexity index is 550. The normalized spacial score (nSPS) is 17.4. The molecule has 1 aliphatic rings. The Kier molecular flexibility index (Phi) is 8.39. The molecular formula is C21H36N4O. The maximum atomic E-state index is 5.46. The van der Waals surface area contributed by atoms with Crippen molar-refractivity contribution in [3.05, 3.63) is 35.4 Å². The standard InChI is InChI=1S/C21H36N4O/c1-17-6-8-19(9-7-17)20(24(3)4)16-23-21(22-2)25(5)13-10-18-11-14-26-15-12-18/h6-9,18,20H,10-16H2,1-5H3,(H,22,23). The molecule has 0 aromatic heterocycles. The number of hydrogen-bond acceptors (Lipinski definition) is 3. The highest BCUT2D eigenvalue weighted by Gasteiger charge is 2.18. The Balaban J connectivity index is 1.87. The van der Waals surface area contributed by atoms with Gasteiger partial charge in [-0.2, -0.15) is 0 Å². The molecule has 1 heterocycles. The van der Waals surface area contributed by atoms with Gasteiger partial charge in [0.2, 0.25) is 0 Å². The summed E-state index contributed by atoms with van der Waals surface area (Å²) in [6.07, 6.45) is 3.58. The molecule has 2 rings (SSSR count). The van der Waals surface area contributed by atoms with Crippen LogP contribution in [0.1, 0.15) is 36.4 Å². The highest BCUT2D eigenvalue weighted by molar-refractivity contribution is 5.79. The lowest BCUT2D eigenvalue weighted by Crippen LogP contribution is -2.43. The number of aliphatic imine (C=N–C) groups is 1. The van der Waals surface area contributed by atoms with E-state index in [2.05, 4.69) is 72.4 Å². The average molecular weight is 361 g/mol. The van der Waals surface area contributed by atoms with Crippen molar-refractivity contribution < 1.29 is 4.74 Å². The lowest BCUT2D eigenvalue weighted by Gasteiger charge is -2.29. The molecule has 0 bridgehead atoms. The fourth-order valence-corrected chi connectivity index (χ4v) is 3.48. The number of ether oxygens (including phenoxy) is 1. The lowest BCUT2D eigenvalue weighted by atomic mass is 9.96. The van der Waals surface area contributed by atoms with Crippen LogP contribution < -0.4 is 5.32 Å². The molecule has 1 aromatic carbocycles. The van der Waals surface area contributed by atoms with Crippen LogP contribution in [0.15, 0.2) is 29.3 Å². The minimum atomic E-state index is 0.316. The first-order chi connectivity index (χ1) is 12.5. The van der Waals surface area contributed by atoms with E-state index in [1.165, 1.54) is 30.4 Å². The van der Waals surface area contributed by atoms with Gasteiger partial charge in [0.15, 0.2) is 5.96 Å². The zero-order valence-electron chi connectivity index (χ0n) is 17.2. The highest BCUT2D eigenvalue weighted by atomic mass is 16.5. The number of guanidine groups is 1. The number of benzene rings is 1. The summed E-state index contributed by atoms with van der Waals surface area (Å²) in [6.45, 7) is 5.83. The number of likely N-dealkylation sites (N-methyl/N-ethyl adjacent to an activating group) is 1. The van der Waals surface area contributed by atoms with Gasteiger partial charge in [-0.05, 0) is 51.8 Å². The van der Waals surface area contributed by atoms with Gasteiger partial charge in [0, 0.05) is 40.4 Å². The molecule has 0 aliphatic carbocycles. The van der Waals surface area contributed by atoms with Gasteiger partial charge < -0.3 is 19.9 Å². The molecule has 26 heavy (non-hydrogen) atoms. The molecule has 1 aliphatic heterocycles. The largest absolute Gasteiger partial charge is 0.381 e. The predicted molar refractivity (Wildman–Crippen MR) is 110 cm³/mol. The Morgan fingerprint density at radius 3 is 2.42 bits per heavy atom. The van der Waals surface area contributed by atoms with Crippen molar-refractivity contribution in [2.24, 2.45) is 10.9 Å². The van der Waals surface area contributed by atoms with E-state index in [1.807, 2.05) is 7.05 Å². The smallest absolute Gasteiger partial charge is 0.193 e. The SMILES string of the molecule is CN=C(NCC(c1ccc(C)cc1)N(C)C)N(C)CCC1CCOCC1. The number of aryl methyl sites for hydroxylation is 1. The first-order valence-electron chi connectivity index (χ1n) is 9.73. The fourth-order valence-electron chi connectivity index (χ4n) is 3.48. The molecule has 146 valence electrons. The zero-order chi connectivity index (χ0) is 18.9. The second kappa shape index (κ2) is 10.5. The van der Waals surface area contributed by atoms with Gasteiger partial charge in [-0.1, -0.05) is 29.8 Å². The van der Waals surface area contributed by atoms with Crippen molar-refractivity contribution in [2.45, 2.75) is 32.2 Å². The Hall–Kier alpha value is -1.59. The number of hydrogen-bond donors (Lipinski definition) is 1. The van der Waals surface area contributed by atoms with Crippen LogP contribution in [0.5, 0.6) is 0 Å². The first-order valence-corrected chi connectivity index (χ1v) is 9.73. The third-order valence-electron chi connectivity index (χ3n) is 5.33. The van der Waals surface area contributed by atoms with Crippen LogP contribution in [-0.4, -0.2) is 70.3 Å². The second-order valence-electron chi connectivity index (χ2n) is 7.58. The summed E-state index contributed by atoms with van der Waals surface area (Å²) in [7, 11) is 8.25. The van der Waals surface area contributed by atoms with Gasteiger partial charge in [-0.15, -0.1) is 0 Å². The molecule has 1 fully saturated rings. The monoisotopic (exact) mass is 360 g/mol. The van der Waals surface area contributed by atoms with Crippen LogP contribution in [0.2, 0.25) is 0 Å². The molecule has 5 nitrogen and oxygen atoms in total. The minimum absolute atomic E-state index is 0.316. The summed E-state index contributed by atoms with van der Waals surface area (Å²) in [6, 6.07) is 9.12. The van der Waals surface area contributed by atoms with E-state index in [0.29, 0.717) is 6.04 Å². The molecule has 0 amide bonds. The summed E-state index contributed by atoms with van der Waals surface area (Å²) in [4.78, 5) is 8.98. The molecule has 5 heteroatoms. The van der Waals surface area contributed by atoms with E-state index < -0.39 is 0 Å². The molecule has 1 saturated heterocycles. The maximum Gasteiger partial charge on any atom is 0.193 e. The zero-order valence-corrected chi connectivity index (χ0v) is 17.2. The van der Waals surface area contributed by atoms with Crippen LogP contribution in [0.25, 0.3) is 0 Å². The molecule has 0 saturated carbocycles. The van der Waals surface area contributed by atoms with Gasteiger partial charge in [-0.25, -0.2) is 0 Å². The van der Waals surface area contributed by atoms with Gasteiger partial charge in [0.25, 0.3) is 0 Å². The van der Waals surface area contributed by atoms with E-state index in [0.717, 1.165) is 38.2 Å². The average Bonchev–Trinajstić information content (AvgIpc) is 2.65. The number of nitrogens with zero attached hydrogens (tertiary/aromatic N) is 3. The van der Waals surface area contributed by atoms with E-state index in [1.54, 1.807) is 0 Å². The number of rotatable bonds is 7. The van der Waals surface area contributed by atoms with Crippen LogP contribution >= 0.6 is 0 Å². The van der Waals surface area contributed by atoms with Crippen LogP contribution in [0.4, 0.5) is 0 Å². The molecule has 1 atom stereocenters. The quantitative estimate of drug-likeness (QED) is 0.599. The summed E-state index contributed by atoms with van der Waals surface area (Å²) in [5.41, 5.74) is 2.62. The number of nitrogens with one attached hydrogen (secondary N) is 1. The van der Waals surface area contributed by atoms with Crippen molar-refractivity contribution in [1.29, 1.82) is 0 Å². The van der Waals surface area contributed by atoms with Gasteiger partial charge in [0.1, 0.15) is 0 Å².